The predicted molar refractivity (Wildman–Crippen MR) is 74.4 cm³/mol. The Morgan fingerprint density at radius 2 is 2.18 bits per heavy atom. The third kappa shape index (κ3) is 2.61. The van der Waals surface area contributed by atoms with E-state index in [1.807, 2.05) is 31.4 Å². The first-order chi connectivity index (χ1) is 8.10. The van der Waals surface area contributed by atoms with Gasteiger partial charge in [0.05, 0.1) is 22.8 Å². The third-order valence-electron chi connectivity index (χ3n) is 2.52. The van der Waals surface area contributed by atoms with E-state index in [-0.39, 0.29) is 0 Å². The number of nitrogens with zero attached hydrogens (tertiary/aromatic N) is 2. The molecule has 17 heavy (non-hydrogen) atoms. The highest BCUT2D eigenvalue weighted by atomic mass is 79.9. The summed E-state index contributed by atoms with van der Waals surface area (Å²) in [7, 11) is 1.91. The van der Waals surface area contributed by atoms with Crippen molar-refractivity contribution in [3.8, 4) is 0 Å². The fourth-order valence-electron chi connectivity index (χ4n) is 1.69. The lowest BCUT2D eigenvalue weighted by Gasteiger charge is -2.08. The van der Waals surface area contributed by atoms with E-state index in [9.17, 15) is 0 Å². The maximum absolute atomic E-state index is 5.95. The van der Waals surface area contributed by atoms with Gasteiger partial charge in [-0.3, -0.25) is 4.68 Å². The zero-order chi connectivity index (χ0) is 12.4. The van der Waals surface area contributed by atoms with Crippen LogP contribution in [0.3, 0.4) is 0 Å². The van der Waals surface area contributed by atoms with Crippen molar-refractivity contribution in [3.05, 3.63) is 34.6 Å². The van der Waals surface area contributed by atoms with E-state index in [4.69, 9.17) is 5.73 Å². The number of nitrogens with one attached hydrogen (secondary N) is 1. The molecule has 5 heteroatoms. The summed E-state index contributed by atoms with van der Waals surface area (Å²) in [5.41, 5.74) is 9.60. The molecule has 0 aliphatic rings. The summed E-state index contributed by atoms with van der Waals surface area (Å²) in [5, 5.41) is 7.69. The van der Waals surface area contributed by atoms with E-state index in [0.717, 1.165) is 28.0 Å². The highest BCUT2D eigenvalue weighted by Gasteiger charge is 2.07. The molecule has 0 aliphatic heterocycles. The quantitative estimate of drug-likeness (QED) is 0.856. The normalized spacial score (nSPS) is 10.5. The number of hydrogen-bond donors (Lipinski definition) is 2. The van der Waals surface area contributed by atoms with Crippen molar-refractivity contribution in [2.45, 2.75) is 13.3 Å². The van der Waals surface area contributed by atoms with Crippen LogP contribution in [0.15, 0.2) is 28.9 Å². The molecule has 1 aromatic heterocycles. The van der Waals surface area contributed by atoms with Crippen LogP contribution in [-0.4, -0.2) is 9.78 Å². The number of rotatable bonds is 3. The van der Waals surface area contributed by atoms with Gasteiger partial charge >= 0.3 is 0 Å². The molecule has 0 saturated heterocycles. The SMILES string of the molecule is CCc1nn(C)cc1Nc1ccc(Br)cc1N. The monoisotopic (exact) mass is 294 g/mol. The maximum atomic E-state index is 5.95. The maximum Gasteiger partial charge on any atom is 0.0856 e. The summed E-state index contributed by atoms with van der Waals surface area (Å²) in [5.74, 6) is 0. The van der Waals surface area contributed by atoms with Crippen LogP contribution in [0.5, 0.6) is 0 Å². The molecule has 3 N–H and O–H groups in total. The Balaban J connectivity index is 2.30. The first-order valence-electron chi connectivity index (χ1n) is 5.44. The lowest BCUT2D eigenvalue weighted by Crippen LogP contribution is -1.97. The van der Waals surface area contributed by atoms with E-state index in [1.165, 1.54) is 0 Å². The molecule has 2 rings (SSSR count). The molecule has 0 bridgehead atoms. The van der Waals surface area contributed by atoms with Crippen LogP contribution in [0.1, 0.15) is 12.6 Å². The van der Waals surface area contributed by atoms with E-state index in [1.54, 1.807) is 4.68 Å². The Labute approximate surface area is 109 Å². The van der Waals surface area contributed by atoms with Gasteiger partial charge < -0.3 is 11.1 Å². The smallest absolute Gasteiger partial charge is 0.0856 e. The lowest BCUT2D eigenvalue weighted by molar-refractivity contribution is 0.746. The molecule has 1 aromatic carbocycles. The number of halogens is 1. The molecule has 0 fully saturated rings. The number of nitrogens with two attached hydrogens (primary N) is 1. The Bertz CT molecular complexity index is 533. The second-order valence-electron chi connectivity index (χ2n) is 3.87. The highest BCUT2D eigenvalue weighted by molar-refractivity contribution is 9.10. The molecule has 0 unspecified atom stereocenters. The van der Waals surface area contributed by atoms with Crippen LogP contribution in [0.2, 0.25) is 0 Å². The van der Waals surface area contributed by atoms with E-state index < -0.39 is 0 Å². The van der Waals surface area contributed by atoms with Gasteiger partial charge in [-0.05, 0) is 24.6 Å². The first kappa shape index (κ1) is 12.0. The Morgan fingerprint density at radius 3 is 2.82 bits per heavy atom. The molecule has 0 spiro atoms. The molecule has 0 saturated carbocycles. The average molecular weight is 295 g/mol. The zero-order valence-electron chi connectivity index (χ0n) is 9.87. The summed E-state index contributed by atoms with van der Waals surface area (Å²) in [4.78, 5) is 0. The minimum absolute atomic E-state index is 0.713. The standard InChI is InChI=1S/C12H15BrN4/c1-3-10-12(7-17(2)16-10)15-11-5-4-8(13)6-9(11)14/h4-7,15H,3,14H2,1-2H3. The number of hydrogen-bond acceptors (Lipinski definition) is 3. The zero-order valence-corrected chi connectivity index (χ0v) is 11.5. The van der Waals surface area contributed by atoms with E-state index in [0.29, 0.717) is 5.69 Å². The van der Waals surface area contributed by atoms with Crippen molar-refractivity contribution < 1.29 is 0 Å². The van der Waals surface area contributed by atoms with Crippen molar-refractivity contribution >= 4 is 33.0 Å². The van der Waals surface area contributed by atoms with Crippen LogP contribution >= 0.6 is 15.9 Å². The van der Waals surface area contributed by atoms with E-state index in [2.05, 4.69) is 33.3 Å². The Kier molecular flexibility index (Phi) is 3.38. The molecule has 90 valence electrons. The lowest BCUT2D eigenvalue weighted by atomic mass is 10.2. The van der Waals surface area contributed by atoms with Gasteiger partial charge in [0.1, 0.15) is 0 Å². The van der Waals surface area contributed by atoms with Gasteiger partial charge in [-0.2, -0.15) is 5.10 Å². The molecule has 0 aliphatic carbocycles. The fourth-order valence-corrected chi connectivity index (χ4v) is 2.07. The van der Waals surface area contributed by atoms with Crippen molar-refractivity contribution in [2.75, 3.05) is 11.1 Å². The van der Waals surface area contributed by atoms with Crippen molar-refractivity contribution in [3.63, 3.8) is 0 Å². The van der Waals surface area contributed by atoms with Gasteiger partial charge in [-0.1, -0.05) is 22.9 Å². The summed E-state index contributed by atoms with van der Waals surface area (Å²) in [6.07, 6.45) is 2.85. The van der Waals surface area contributed by atoms with E-state index >= 15 is 0 Å². The number of anilines is 3. The van der Waals surface area contributed by atoms with Gasteiger partial charge in [-0.15, -0.1) is 0 Å². The second-order valence-corrected chi connectivity index (χ2v) is 4.79. The minimum Gasteiger partial charge on any atom is -0.397 e. The van der Waals surface area contributed by atoms with Crippen LogP contribution < -0.4 is 11.1 Å². The highest BCUT2D eigenvalue weighted by Crippen LogP contribution is 2.27. The van der Waals surface area contributed by atoms with Crippen LogP contribution in [0.4, 0.5) is 17.1 Å². The number of benzene rings is 1. The van der Waals surface area contributed by atoms with Gasteiger partial charge in [-0.25, -0.2) is 0 Å². The molecular formula is C12H15BrN4. The molecule has 4 nitrogen and oxygen atoms in total. The number of aryl methyl sites for hydroxylation is 2. The topological polar surface area (TPSA) is 55.9 Å². The first-order valence-corrected chi connectivity index (χ1v) is 6.24. The predicted octanol–water partition coefficient (Wildman–Crippen LogP) is 3.07. The van der Waals surface area contributed by atoms with Gasteiger partial charge in [0.2, 0.25) is 0 Å². The summed E-state index contributed by atoms with van der Waals surface area (Å²) < 4.78 is 2.78. The summed E-state index contributed by atoms with van der Waals surface area (Å²) in [6.45, 7) is 2.08. The van der Waals surface area contributed by atoms with Crippen molar-refractivity contribution in [1.29, 1.82) is 0 Å². The fraction of sp³-hybridized carbons (Fsp3) is 0.250. The molecule has 1 heterocycles. The van der Waals surface area contributed by atoms with Crippen LogP contribution in [0, 0.1) is 0 Å². The van der Waals surface area contributed by atoms with Crippen LogP contribution in [-0.2, 0) is 13.5 Å². The summed E-state index contributed by atoms with van der Waals surface area (Å²) in [6, 6.07) is 5.79. The number of nitrogen functional groups attached to an aromatic ring is 1. The molecule has 2 aromatic rings. The average Bonchev–Trinajstić information content (AvgIpc) is 2.63. The van der Waals surface area contributed by atoms with Gasteiger partial charge in [0.15, 0.2) is 0 Å². The minimum atomic E-state index is 0.713. The molecule has 0 amide bonds. The Hall–Kier alpha value is -1.49. The van der Waals surface area contributed by atoms with Crippen molar-refractivity contribution in [1.82, 2.24) is 9.78 Å². The van der Waals surface area contributed by atoms with Crippen molar-refractivity contribution in [2.24, 2.45) is 7.05 Å². The number of aromatic nitrogens is 2. The largest absolute Gasteiger partial charge is 0.397 e. The molecule has 0 radical (unpaired) electrons. The summed E-state index contributed by atoms with van der Waals surface area (Å²) >= 11 is 3.39. The van der Waals surface area contributed by atoms with Gasteiger partial charge in [0, 0.05) is 17.7 Å². The third-order valence-corrected chi connectivity index (χ3v) is 3.02. The van der Waals surface area contributed by atoms with Gasteiger partial charge in [0.25, 0.3) is 0 Å². The van der Waals surface area contributed by atoms with Crippen LogP contribution in [0.25, 0.3) is 0 Å². The molecular weight excluding hydrogens is 280 g/mol. The second kappa shape index (κ2) is 4.79. The molecule has 0 atom stereocenters. The Morgan fingerprint density at radius 1 is 1.41 bits per heavy atom.